The van der Waals surface area contributed by atoms with E-state index in [1.165, 1.54) is 0 Å². The minimum atomic E-state index is -0.454. The van der Waals surface area contributed by atoms with Crippen LogP contribution in [0.25, 0.3) is 0 Å². The molecule has 0 aromatic rings. The normalized spacial score (nSPS) is 10.6. The van der Waals surface area contributed by atoms with Crippen LogP contribution in [-0.2, 0) is 0 Å². The van der Waals surface area contributed by atoms with E-state index in [-0.39, 0.29) is 5.48 Å². The molecule has 0 unspecified atom stereocenters. The molecule has 0 amide bonds. The van der Waals surface area contributed by atoms with Gasteiger partial charge in [-0.3, -0.25) is 0 Å². The average molecular weight is 174 g/mol. The van der Waals surface area contributed by atoms with E-state index in [0.717, 1.165) is 14.3 Å². The molecule has 0 fully saturated rings. The molecule has 1 nitrogen and oxygen atoms in total. The van der Waals surface area contributed by atoms with Crippen LogP contribution in [0.4, 0.5) is 0 Å². The molecular weight excluding hydrogens is 151 g/mol. The van der Waals surface area contributed by atoms with Crippen LogP contribution in [0.1, 0.15) is 41.5 Å². The molecule has 68 valence electrons. The van der Waals surface area contributed by atoms with Gasteiger partial charge in [-0.15, -0.1) is 0 Å². The third-order valence-corrected chi connectivity index (χ3v) is 6.93. The molecular formula is C9H23AlO. The zero-order valence-corrected chi connectivity index (χ0v) is 9.96. The highest BCUT2D eigenvalue weighted by molar-refractivity contribution is 6.63. The summed E-state index contributed by atoms with van der Waals surface area (Å²) in [6.45, 7) is 14.3. The van der Waals surface area contributed by atoms with Crippen molar-refractivity contribution in [3.05, 3.63) is 0 Å². The Balaban J connectivity index is 0. The first kappa shape index (κ1) is 14.0. The smallest absolute Gasteiger partial charge is 0.270 e. The minimum absolute atomic E-state index is 0. The van der Waals surface area contributed by atoms with Gasteiger partial charge in [-0.1, -0.05) is 55.9 Å². The van der Waals surface area contributed by atoms with Crippen molar-refractivity contribution in [1.82, 2.24) is 0 Å². The maximum Gasteiger partial charge on any atom is 0.270 e. The topological polar surface area (TPSA) is 31.5 Å². The first-order valence-electron chi connectivity index (χ1n) is 4.46. The van der Waals surface area contributed by atoms with E-state index in [1.807, 2.05) is 0 Å². The fourth-order valence-corrected chi connectivity index (χ4v) is 6.93. The fraction of sp³-hybridized carbons (Fsp3) is 1.00. The number of hydrogen-bond donors (Lipinski definition) is 0. The molecule has 0 bridgehead atoms. The summed E-state index contributed by atoms with van der Waals surface area (Å²) < 4.78 is 2.92. The van der Waals surface area contributed by atoms with E-state index in [9.17, 15) is 0 Å². The van der Waals surface area contributed by atoms with Gasteiger partial charge in [-0.25, -0.2) is 0 Å². The Morgan fingerprint density at radius 3 is 0.818 bits per heavy atom. The Bertz CT molecular complexity index is 70.5. The molecule has 0 aliphatic heterocycles. The van der Waals surface area contributed by atoms with Crippen molar-refractivity contribution < 1.29 is 5.48 Å². The highest BCUT2D eigenvalue weighted by Gasteiger charge is 2.27. The number of hydrogen-bond acceptors (Lipinski definition) is 0. The maximum atomic E-state index is 2.39. The zero-order valence-electron chi connectivity index (χ0n) is 8.81. The van der Waals surface area contributed by atoms with Gasteiger partial charge in [0.05, 0.1) is 0 Å². The Morgan fingerprint density at radius 2 is 0.818 bits per heavy atom. The second-order valence-corrected chi connectivity index (χ2v) is 9.46. The van der Waals surface area contributed by atoms with E-state index in [4.69, 9.17) is 0 Å². The first-order valence-corrected chi connectivity index (χ1v) is 6.46. The van der Waals surface area contributed by atoms with Crippen LogP contribution >= 0.6 is 0 Å². The second kappa shape index (κ2) is 6.06. The molecule has 2 heteroatoms. The molecule has 0 aliphatic carbocycles. The molecule has 0 rings (SSSR count). The Labute approximate surface area is 75.9 Å². The molecule has 11 heavy (non-hydrogen) atoms. The van der Waals surface area contributed by atoms with Gasteiger partial charge in [0.15, 0.2) is 0 Å². The second-order valence-electron chi connectivity index (χ2n) is 4.31. The van der Waals surface area contributed by atoms with Crippen molar-refractivity contribution in [2.75, 3.05) is 0 Å². The van der Waals surface area contributed by atoms with E-state index < -0.39 is 14.1 Å². The van der Waals surface area contributed by atoms with E-state index in [1.54, 1.807) is 0 Å². The molecule has 0 aromatic carbocycles. The summed E-state index contributed by atoms with van der Waals surface area (Å²) in [5, 5.41) is 0. The molecule has 0 saturated heterocycles. The van der Waals surface area contributed by atoms with Gasteiger partial charge in [0.25, 0.3) is 14.1 Å². The van der Waals surface area contributed by atoms with Gasteiger partial charge in [0.2, 0.25) is 0 Å². The van der Waals surface area contributed by atoms with Crippen LogP contribution < -0.4 is 0 Å². The van der Waals surface area contributed by atoms with Crippen LogP contribution in [0.15, 0.2) is 0 Å². The highest BCUT2D eigenvalue weighted by atomic mass is 27.2. The van der Waals surface area contributed by atoms with E-state index >= 15 is 0 Å². The predicted molar refractivity (Wildman–Crippen MR) is 54.7 cm³/mol. The zero-order chi connectivity index (χ0) is 8.31. The summed E-state index contributed by atoms with van der Waals surface area (Å²) in [5.41, 5.74) is 0. The summed E-state index contributed by atoms with van der Waals surface area (Å²) in [5.74, 6) is 0. The molecule has 0 aromatic heterocycles. The quantitative estimate of drug-likeness (QED) is 0.589. The van der Waals surface area contributed by atoms with Gasteiger partial charge in [0, 0.05) is 0 Å². The minimum Gasteiger partial charge on any atom is -0.412 e. The fourth-order valence-electron chi connectivity index (χ4n) is 2.31. The molecule has 0 atom stereocenters. The van der Waals surface area contributed by atoms with Crippen molar-refractivity contribution in [1.29, 1.82) is 0 Å². The molecule has 0 spiro atoms. The monoisotopic (exact) mass is 174 g/mol. The van der Waals surface area contributed by atoms with Crippen LogP contribution in [0.5, 0.6) is 0 Å². The van der Waals surface area contributed by atoms with Gasteiger partial charge in [-0.2, -0.15) is 0 Å². The van der Waals surface area contributed by atoms with Gasteiger partial charge in [-0.05, 0) is 0 Å². The lowest BCUT2D eigenvalue weighted by molar-refractivity contribution is 0.824. The molecule has 0 radical (unpaired) electrons. The summed E-state index contributed by atoms with van der Waals surface area (Å²) in [4.78, 5) is 0. The first-order chi connectivity index (χ1) is 4.46. The summed E-state index contributed by atoms with van der Waals surface area (Å²) in [6, 6.07) is 0. The Kier molecular flexibility index (Phi) is 7.73. The average Bonchev–Trinajstić information content (AvgIpc) is 1.59. The van der Waals surface area contributed by atoms with Gasteiger partial charge >= 0.3 is 0 Å². The summed E-state index contributed by atoms with van der Waals surface area (Å²) in [6.07, 6.45) is 0. The lowest BCUT2D eigenvalue weighted by atomic mass is 10.5. The third kappa shape index (κ3) is 4.85. The SMILES string of the molecule is C[CH](C)[Al]([CH](C)C)[CH](C)C.O. The molecule has 0 aliphatic rings. The van der Waals surface area contributed by atoms with Crippen molar-refractivity contribution >= 4 is 14.1 Å². The van der Waals surface area contributed by atoms with Crippen LogP contribution in [0.3, 0.4) is 0 Å². The third-order valence-electron chi connectivity index (χ3n) is 2.31. The standard InChI is InChI=1S/3C3H7.Al.H2O/c3*1-3-2;;/h3*3H,1-2H3;;1H2. The largest absolute Gasteiger partial charge is 0.412 e. The number of rotatable bonds is 3. The summed E-state index contributed by atoms with van der Waals surface area (Å²) >= 11 is -0.454. The lowest BCUT2D eigenvalue weighted by Crippen LogP contribution is -2.24. The van der Waals surface area contributed by atoms with Crippen molar-refractivity contribution in [3.8, 4) is 0 Å². The maximum absolute atomic E-state index is 2.39. The highest BCUT2D eigenvalue weighted by Crippen LogP contribution is 2.28. The van der Waals surface area contributed by atoms with Crippen molar-refractivity contribution in [2.45, 2.75) is 55.9 Å². The lowest BCUT2D eigenvalue weighted by Gasteiger charge is -2.22. The van der Waals surface area contributed by atoms with E-state index in [0.29, 0.717) is 0 Å². The molecule has 0 saturated carbocycles. The van der Waals surface area contributed by atoms with Crippen molar-refractivity contribution in [2.24, 2.45) is 0 Å². The summed E-state index contributed by atoms with van der Waals surface area (Å²) in [7, 11) is 0. The van der Waals surface area contributed by atoms with E-state index in [2.05, 4.69) is 41.5 Å². The Hall–Kier alpha value is 0.492. The molecule has 0 heterocycles. The predicted octanol–water partition coefficient (Wildman–Crippen LogP) is 2.89. The van der Waals surface area contributed by atoms with Crippen molar-refractivity contribution in [3.63, 3.8) is 0 Å². The Morgan fingerprint density at radius 1 is 0.636 bits per heavy atom. The van der Waals surface area contributed by atoms with Gasteiger partial charge in [0.1, 0.15) is 0 Å². The molecule has 2 N–H and O–H groups in total. The van der Waals surface area contributed by atoms with Gasteiger partial charge < -0.3 is 5.48 Å². The van der Waals surface area contributed by atoms with Crippen LogP contribution in [-0.4, -0.2) is 19.6 Å². The van der Waals surface area contributed by atoms with Crippen LogP contribution in [0, 0.1) is 0 Å². The van der Waals surface area contributed by atoms with Crippen LogP contribution in [0.2, 0.25) is 14.3 Å².